The molecule has 1 heterocycles. The molecular weight excluding hydrogens is 323 g/mol. The number of hydrogen-bond acceptors (Lipinski definition) is 1. The summed E-state index contributed by atoms with van der Waals surface area (Å²) in [6.07, 6.45) is 3.07. The van der Waals surface area contributed by atoms with E-state index in [2.05, 4.69) is 10.7 Å². The van der Waals surface area contributed by atoms with Crippen molar-refractivity contribution in [1.82, 2.24) is 0 Å². The standard InChI is InChI=1S/C4H9S.Am/c1-2-3-4-5;/h5H,1-4H2;/q;+1/p-1. The van der Waals surface area contributed by atoms with Crippen LogP contribution in [0.5, 0.6) is 0 Å². The summed E-state index contributed by atoms with van der Waals surface area (Å²) >= 11 is 0.142. The fourth-order valence-corrected chi connectivity index (χ4v) is 7.29. The maximum atomic E-state index is 2.27. The van der Waals surface area contributed by atoms with E-state index in [0.717, 1.165) is 0 Å². The molecule has 1 aliphatic rings. The zero-order valence-electron chi connectivity index (χ0n) is 3.61. The molecule has 0 aromatic rings. The van der Waals surface area contributed by atoms with E-state index in [9.17, 15) is 0 Å². The van der Waals surface area contributed by atoms with Gasteiger partial charge in [-0.25, -0.2) is 0 Å². The van der Waals surface area contributed by atoms with Gasteiger partial charge in [-0.15, -0.1) is 0 Å². The normalized spacial score (nSPS) is 21.3. The SMILES string of the molecule is C1C[CH2][Am][S]C1. The molecule has 1 rings (SSSR count). The van der Waals surface area contributed by atoms with E-state index in [-0.39, 0.29) is 11.5 Å². The van der Waals surface area contributed by atoms with E-state index in [1.165, 1.54) is 12.2 Å². The van der Waals surface area contributed by atoms with Gasteiger partial charge in [0, 0.05) is 0 Å². The molecule has 0 radical (unpaired) electrons. The van der Waals surface area contributed by atoms with Gasteiger partial charge in [-0.2, -0.15) is 0 Å². The van der Waals surface area contributed by atoms with Crippen molar-refractivity contribution in [3.63, 3.8) is 0 Å². The molecule has 0 aromatic carbocycles. The first-order valence-corrected chi connectivity index (χ1v) is 9.18. The molecule has 37 valence electrons. The van der Waals surface area contributed by atoms with E-state index in [1.54, 1.807) is 12.1 Å². The summed E-state index contributed by atoms with van der Waals surface area (Å²) in [6.45, 7) is 0. The second-order valence-electron chi connectivity index (χ2n) is 1.32. The van der Waals surface area contributed by atoms with Crippen molar-refractivity contribution in [2.75, 3.05) is 5.75 Å². The molecule has 0 saturated carbocycles. The molecule has 0 unspecified atom stereocenters. The van der Waals surface area contributed by atoms with Crippen LogP contribution in [0.15, 0.2) is 0 Å². The summed E-state index contributed by atoms with van der Waals surface area (Å²) in [5.41, 5.74) is 1.64. The minimum atomic E-state index is 0.142. The van der Waals surface area contributed by atoms with Crippen molar-refractivity contribution >= 4 is 10.7 Å². The molecule has 0 aromatic heterocycles. The van der Waals surface area contributed by atoms with E-state index >= 15 is 0 Å². The second-order valence-corrected chi connectivity index (χ2v) is 9.19. The first-order chi connectivity index (χ1) is 3.00. The summed E-state index contributed by atoms with van der Waals surface area (Å²) in [4.78, 5) is 0. The van der Waals surface area contributed by atoms with Crippen molar-refractivity contribution in [3.05, 3.63) is 0 Å². The Bertz CT molecular complexity index is 23.0. The van der Waals surface area contributed by atoms with Crippen LogP contribution in [0.2, 0.25) is 5.66 Å². The molecular formula is C4H8AmS. The van der Waals surface area contributed by atoms with Crippen molar-refractivity contribution in [2.24, 2.45) is 0 Å². The first-order valence-electron chi connectivity index (χ1n) is 2.21. The van der Waals surface area contributed by atoms with E-state index in [4.69, 9.17) is 0 Å². The molecule has 1 fully saturated rings. The molecule has 2 heteroatoms. The molecule has 0 aliphatic carbocycles. The topological polar surface area (TPSA) is 0 Å². The average molecular weight is 331 g/mol. The first kappa shape index (κ1) is 4.89. The third kappa shape index (κ3) is 1.46. The monoisotopic (exact) mass is 329 g/mol. The molecule has 1 aliphatic heterocycles. The Labute approximate surface area is 46.9 Å². The Kier molecular flexibility index (Phi) is 2.31. The summed E-state index contributed by atoms with van der Waals surface area (Å²) in [5, 5.41) is 0. The van der Waals surface area contributed by atoms with Gasteiger partial charge in [-0.3, -0.25) is 0 Å². The van der Waals surface area contributed by atoms with Crippen LogP contribution in [0.1, 0.15) is 12.8 Å². The molecule has 6 heavy (non-hydrogen) atoms. The molecule has 0 bridgehead atoms. The van der Waals surface area contributed by atoms with Crippen LogP contribution in [0.25, 0.3) is 0 Å². The van der Waals surface area contributed by atoms with Crippen LogP contribution in [-0.4, -0.2) is 5.75 Å². The Morgan fingerprint density at radius 1 is 1.33 bits per heavy atom. The zero-order valence-corrected chi connectivity index (χ0v) is 7.58. The van der Waals surface area contributed by atoms with Crippen molar-refractivity contribution in [3.8, 4) is 0 Å². The van der Waals surface area contributed by atoms with Crippen molar-refractivity contribution in [2.45, 2.75) is 18.5 Å². The van der Waals surface area contributed by atoms with Gasteiger partial charge < -0.3 is 0 Å². The zero-order chi connectivity index (χ0) is 4.24. The van der Waals surface area contributed by atoms with Gasteiger partial charge in [0.2, 0.25) is 0 Å². The van der Waals surface area contributed by atoms with Crippen molar-refractivity contribution in [1.29, 1.82) is 0 Å². The molecule has 1 saturated heterocycles. The molecule has 0 amide bonds. The van der Waals surface area contributed by atoms with Gasteiger partial charge in [0.05, 0.1) is 0 Å². The third-order valence-electron chi connectivity index (χ3n) is 0.759. The van der Waals surface area contributed by atoms with Crippen LogP contribution < -0.4 is 0 Å². The molecule has 0 nitrogen and oxygen atoms in total. The predicted molar refractivity (Wildman–Crippen MR) is 26.5 cm³/mol. The average Bonchev–Trinajstić information content (AvgIpc) is 1.72. The summed E-state index contributed by atoms with van der Waals surface area (Å²) < 4.78 is 0. The van der Waals surface area contributed by atoms with E-state index in [1.807, 2.05) is 0 Å². The molecule has 0 atom stereocenters. The summed E-state index contributed by atoms with van der Waals surface area (Å²) in [5.74, 6) is 1.50. The van der Waals surface area contributed by atoms with Crippen molar-refractivity contribution < 1.29 is 11.5 Å². The number of rotatable bonds is 0. The summed E-state index contributed by atoms with van der Waals surface area (Å²) in [7, 11) is 2.27. The Hall–Kier alpha value is 0.740. The fourth-order valence-electron chi connectivity index (χ4n) is 0.415. The Morgan fingerprint density at radius 3 is 2.50 bits per heavy atom. The van der Waals surface area contributed by atoms with E-state index in [0.29, 0.717) is 0 Å². The van der Waals surface area contributed by atoms with Crippen LogP contribution >= 0.6 is 10.7 Å². The van der Waals surface area contributed by atoms with Gasteiger partial charge in [-0.1, -0.05) is 0 Å². The molecule has 0 spiro atoms. The third-order valence-corrected chi connectivity index (χ3v) is 8.41. The van der Waals surface area contributed by atoms with Crippen LogP contribution in [0, 0.1) is 11.5 Å². The Morgan fingerprint density at radius 2 is 2.33 bits per heavy atom. The van der Waals surface area contributed by atoms with Crippen LogP contribution in [0.3, 0.4) is 0 Å². The minimum absolute atomic E-state index is 0.142. The maximum absolute atomic E-state index is 2.27. The van der Waals surface area contributed by atoms with Crippen LogP contribution in [-0.2, 0) is 0 Å². The summed E-state index contributed by atoms with van der Waals surface area (Å²) in [6, 6.07) is 0. The molecule has 0 N–H and O–H groups in total. The quantitative estimate of drug-likeness (QED) is 0.654. The van der Waals surface area contributed by atoms with Gasteiger partial charge in [0.15, 0.2) is 0 Å². The predicted octanol–water partition coefficient (Wildman–Crippen LogP) is 1.93. The van der Waals surface area contributed by atoms with Gasteiger partial charge >= 0.3 is 46.4 Å². The number of hydrogen-bond donors (Lipinski definition) is 0. The van der Waals surface area contributed by atoms with Crippen LogP contribution in [0.4, 0.5) is 0 Å². The second kappa shape index (κ2) is 2.84. The van der Waals surface area contributed by atoms with Gasteiger partial charge in [-0.05, 0) is 0 Å². The van der Waals surface area contributed by atoms with Gasteiger partial charge in [0.25, 0.3) is 0 Å². The van der Waals surface area contributed by atoms with E-state index < -0.39 is 0 Å². The van der Waals surface area contributed by atoms with Gasteiger partial charge in [0.1, 0.15) is 0 Å². The fraction of sp³-hybridized carbons (Fsp3) is 1.00. The Balaban J connectivity index is 2.00.